The summed E-state index contributed by atoms with van der Waals surface area (Å²) in [6.45, 7) is 0.376. The number of rotatable bonds is 9. The van der Waals surface area contributed by atoms with E-state index in [0.717, 1.165) is 4.90 Å². The van der Waals surface area contributed by atoms with Crippen molar-refractivity contribution in [1.29, 1.82) is 0 Å². The quantitative estimate of drug-likeness (QED) is 0.634. The van der Waals surface area contributed by atoms with Crippen molar-refractivity contribution in [3.63, 3.8) is 0 Å². The molecule has 1 heterocycles. The molecule has 0 fully saturated rings. The minimum atomic E-state index is -0.437. The van der Waals surface area contributed by atoms with Gasteiger partial charge in [0, 0.05) is 7.11 Å². The van der Waals surface area contributed by atoms with Crippen LogP contribution in [0.3, 0.4) is 0 Å². The molecule has 3 rings (SSSR count). The van der Waals surface area contributed by atoms with E-state index in [1.807, 2.05) is 12.1 Å². The zero-order valence-corrected chi connectivity index (χ0v) is 17.4. The van der Waals surface area contributed by atoms with E-state index in [0.29, 0.717) is 28.5 Å². The van der Waals surface area contributed by atoms with E-state index < -0.39 is 11.8 Å². The molecule has 158 valence electrons. The molecule has 1 N–H and O–H groups in total. The van der Waals surface area contributed by atoms with E-state index in [9.17, 15) is 9.59 Å². The fourth-order valence-corrected chi connectivity index (χ4v) is 3.22. The van der Waals surface area contributed by atoms with Crippen molar-refractivity contribution < 1.29 is 28.5 Å². The number of ether oxygens (including phenoxy) is 4. The lowest BCUT2D eigenvalue weighted by Crippen LogP contribution is -2.35. The van der Waals surface area contributed by atoms with Crippen LogP contribution in [0.5, 0.6) is 17.2 Å². The number of amides is 2. The number of methoxy groups -OCH3 is 4. The molecule has 0 radical (unpaired) electrons. The van der Waals surface area contributed by atoms with Gasteiger partial charge in [-0.3, -0.25) is 14.5 Å². The Morgan fingerprint density at radius 3 is 2.20 bits per heavy atom. The van der Waals surface area contributed by atoms with Gasteiger partial charge in [-0.1, -0.05) is 18.2 Å². The topological polar surface area (TPSA) is 86.3 Å². The van der Waals surface area contributed by atoms with Crippen LogP contribution in [0.2, 0.25) is 0 Å². The molecule has 2 aromatic rings. The number of imide groups is 1. The third-order valence-corrected chi connectivity index (χ3v) is 4.73. The van der Waals surface area contributed by atoms with E-state index in [2.05, 4.69) is 5.32 Å². The summed E-state index contributed by atoms with van der Waals surface area (Å²) in [4.78, 5) is 27.5. The van der Waals surface area contributed by atoms with Gasteiger partial charge in [0.05, 0.1) is 45.7 Å². The molecule has 8 nitrogen and oxygen atoms in total. The fourth-order valence-electron chi connectivity index (χ4n) is 3.22. The molecule has 0 atom stereocenters. The lowest BCUT2D eigenvalue weighted by Gasteiger charge is -2.15. The van der Waals surface area contributed by atoms with Gasteiger partial charge < -0.3 is 24.3 Å². The van der Waals surface area contributed by atoms with Gasteiger partial charge in [-0.2, -0.15) is 0 Å². The Morgan fingerprint density at radius 1 is 0.833 bits per heavy atom. The van der Waals surface area contributed by atoms with E-state index in [-0.39, 0.29) is 24.4 Å². The summed E-state index contributed by atoms with van der Waals surface area (Å²) in [5, 5.41) is 3.09. The molecule has 0 aromatic heterocycles. The molecular formula is C22H24N2O6. The predicted octanol–water partition coefficient (Wildman–Crippen LogP) is 2.55. The van der Waals surface area contributed by atoms with Crippen molar-refractivity contribution in [2.75, 3.05) is 46.9 Å². The molecule has 1 aliphatic heterocycles. The molecular weight excluding hydrogens is 388 g/mol. The van der Waals surface area contributed by atoms with Crippen molar-refractivity contribution in [3.8, 4) is 17.2 Å². The highest BCUT2D eigenvalue weighted by Gasteiger charge is 2.39. The first-order chi connectivity index (χ1) is 14.5. The zero-order valence-electron chi connectivity index (χ0n) is 17.4. The number of para-hydroxylation sites is 2. The van der Waals surface area contributed by atoms with Crippen LogP contribution in [0.25, 0.3) is 5.57 Å². The van der Waals surface area contributed by atoms with Crippen molar-refractivity contribution >= 4 is 23.1 Å². The van der Waals surface area contributed by atoms with Crippen LogP contribution in [0.15, 0.2) is 48.2 Å². The number of carbonyl (C=O) groups is 2. The van der Waals surface area contributed by atoms with Crippen molar-refractivity contribution in [1.82, 2.24) is 4.90 Å². The smallest absolute Gasteiger partial charge is 0.278 e. The maximum atomic E-state index is 13.2. The van der Waals surface area contributed by atoms with Gasteiger partial charge in [-0.05, 0) is 29.8 Å². The van der Waals surface area contributed by atoms with Crippen LogP contribution in [0.1, 0.15) is 5.56 Å². The summed E-state index contributed by atoms with van der Waals surface area (Å²) in [5.74, 6) is 0.672. The minimum absolute atomic E-state index is 0.141. The van der Waals surface area contributed by atoms with Gasteiger partial charge in [-0.25, -0.2) is 0 Å². The summed E-state index contributed by atoms with van der Waals surface area (Å²) in [7, 11) is 6.09. The van der Waals surface area contributed by atoms with Crippen LogP contribution in [-0.2, 0) is 14.3 Å². The molecule has 0 spiro atoms. The van der Waals surface area contributed by atoms with Crippen LogP contribution in [-0.4, -0.2) is 58.3 Å². The Kier molecular flexibility index (Phi) is 6.58. The molecule has 8 heteroatoms. The first kappa shape index (κ1) is 21.2. The van der Waals surface area contributed by atoms with Gasteiger partial charge in [-0.15, -0.1) is 0 Å². The molecule has 0 aliphatic carbocycles. The van der Waals surface area contributed by atoms with Crippen molar-refractivity contribution in [2.45, 2.75) is 0 Å². The maximum absolute atomic E-state index is 13.2. The Labute approximate surface area is 175 Å². The second-order valence-corrected chi connectivity index (χ2v) is 6.40. The second kappa shape index (κ2) is 9.32. The number of carbonyl (C=O) groups excluding carboxylic acids is 2. The van der Waals surface area contributed by atoms with Gasteiger partial charge in [0.15, 0.2) is 11.5 Å². The summed E-state index contributed by atoms with van der Waals surface area (Å²) in [6, 6.07) is 12.2. The average Bonchev–Trinajstić information content (AvgIpc) is 3.01. The summed E-state index contributed by atoms with van der Waals surface area (Å²) in [5.41, 5.74) is 1.50. The Morgan fingerprint density at radius 2 is 1.53 bits per heavy atom. The van der Waals surface area contributed by atoms with Crippen molar-refractivity contribution in [2.24, 2.45) is 0 Å². The fraction of sp³-hybridized carbons (Fsp3) is 0.273. The molecule has 30 heavy (non-hydrogen) atoms. The third kappa shape index (κ3) is 3.95. The standard InChI is InChI=1S/C22H24N2O6/c1-27-12-11-24-21(25)19(14-9-10-17(29-3)18(13-14)30-4)20(22(24)26)23-15-7-5-6-8-16(15)28-2/h5-10,13,23H,11-12H2,1-4H3. The Balaban J connectivity index is 2.11. The highest BCUT2D eigenvalue weighted by molar-refractivity contribution is 6.36. The SMILES string of the molecule is COCCN1C(=O)C(Nc2ccccc2OC)=C(c2ccc(OC)c(OC)c2)C1=O. The number of nitrogens with one attached hydrogen (secondary N) is 1. The van der Waals surface area contributed by atoms with Crippen LogP contribution in [0, 0.1) is 0 Å². The number of nitrogens with zero attached hydrogens (tertiary/aromatic N) is 1. The van der Waals surface area contributed by atoms with E-state index >= 15 is 0 Å². The summed E-state index contributed by atoms with van der Waals surface area (Å²) >= 11 is 0. The molecule has 2 amide bonds. The van der Waals surface area contributed by atoms with Gasteiger partial charge in [0.25, 0.3) is 11.8 Å². The van der Waals surface area contributed by atoms with Crippen LogP contribution < -0.4 is 19.5 Å². The van der Waals surface area contributed by atoms with Gasteiger partial charge >= 0.3 is 0 Å². The zero-order chi connectivity index (χ0) is 21.7. The van der Waals surface area contributed by atoms with Gasteiger partial charge in [0.1, 0.15) is 11.4 Å². The lowest BCUT2D eigenvalue weighted by molar-refractivity contribution is -0.137. The highest BCUT2D eigenvalue weighted by Crippen LogP contribution is 2.36. The number of hydrogen-bond donors (Lipinski definition) is 1. The molecule has 0 unspecified atom stereocenters. The Hall–Kier alpha value is -3.52. The van der Waals surface area contributed by atoms with Crippen molar-refractivity contribution in [3.05, 3.63) is 53.7 Å². The van der Waals surface area contributed by atoms with E-state index in [1.54, 1.807) is 30.3 Å². The number of anilines is 1. The summed E-state index contributed by atoms with van der Waals surface area (Å²) in [6.07, 6.45) is 0. The van der Waals surface area contributed by atoms with Crippen LogP contribution in [0.4, 0.5) is 5.69 Å². The molecule has 0 saturated carbocycles. The number of benzene rings is 2. The first-order valence-corrected chi connectivity index (χ1v) is 9.27. The van der Waals surface area contributed by atoms with E-state index in [1.165, 1.54) is 28.4 Å². The third-order valence-electron chi connectivity index (χ3n) is 4.73. The maximum Gasteiger partial charge on any atom is 0.278 e. The summed E-state index contributed by atoms with van der Waals surface area (Å²) < 4.78 is 21.1. The van der Waals surface area contributed by atoms with Gasteiger partial charge in [0.2, 0.25) is 0 Å². The van der Waals surface area contributed by atoms with Crippen LogP contribution >= 0.6 is 0 Å². The number of hydrogen-bond acceptors (Lipinski definition) is 7. The Bertz CT molecular complexity index is 985. The highest BCUT2D eigenvalue weighted by atomic mass is 16.5. The predicted molar refractivity (Wildman–Crippen MR) is 112 cm³/mol. The molecule has 1 aliphatic rings. The monoisotopic (exact) mass is 412 g/mol. The molecule has 0 bridgehead atoms. The lowest BCUT2D eigenvalue weighted by atomic mass is 10.0. The van der Waals surface area contributed by atoms with E-state index in [4.69, 9.17) is 18.9 Å². The minimum Gasteiger partial charge on any atom is -0.495 e. The molecule has 0 saturated heterocycles. The average molecular weight is 412 g/mol. The second-order valence-electron chi connectivity index (χ2n) is 6.40. The normalized spacial score (nSPS) is 13.7. The largest absolute Gasteiger partial charge is 0.495 e. The first-order valence-electron chi connectivity index (χ1n) is 9.27. The molecule has 2 aromatic carbocycles.